The Hall–Kier alpha value is -2.12. The van der Waals surface area contributed by atoms with Gasteiger partial charge in [0.1, 0.15) is 0 Å². The third-order valence-electron chi connectivity index (χ3n) is 3.95. The number of rotatable bonds is 5. The van der Waals surface area contributed by atoms with Gasteiger partial charge in [-0.25, -0.2) is 0 Å². The Labute approximate surface area is 135 Å². The van der Waals surface area contributed by atoms with Gasteiger partial charge >= 0.3 is 0 Å². The minimum Gasteiger partial charge on any atom is -0.493 e. The minimum atomic E-state index is 0.347. The number of ether oxygens (including phenoxy) is 3. The molecule has 0 N–H and O–H groups in total. The van der Waals surface area contributed by atoms with Crippen LogP contribution in [0.3, 0.4) is 0 Å². The van der Waals surface area contributed by atoms with Gasteiger partial charge in [-0.15, -0.1) is 0 Å². The number of benzene rings is 1. The van der Waals surface area contributed by atoms with E-state index in [0.29, 0.717) is 35.8 Å². The summed E-state index contributed by atoms with van der Waals surface area (Å²) in [6, 6.07) is 5.90. The normalized spacial score (nSPS) is 18.8. The van der Waals surface area contributed by atoms with Crippen molar-refractivity contribution in [2.75, 3.05) is 34.0 Å². The zero-order valence-electron chi connectivity index (χ0n) is 13.6. The van der Waals surface area contributed by atoms with Crippen molar-refractivity contribution < 1.29 is 18.7 Å². The van der Waals surface area contributed by atoms with Crippen LogP contribution in [0.2, 0.25) is 0 Å². The van der Waals surface area contributed by atoms with Gasteiger partial charge in [-0.05, 0) is 25.1 Å². The average Bonchev–Trinajstić information content (AvgIpc) is 3.05. The van der Waals surface area contributed by atoms with Crippen LogP contribution >= 0.6 is 0 Å². The SMILES string of the molecule is COc1ccc(-c2noc(CN3CCOC[C@H]3C)n2)cc1OC. The molecule has 7 nitrogen and oxygen atoms in total. The summed E-state index contributed by atoms with van der Waals surface area (Å²) in [6.07, 6.45) is 0. The maximum absolute atomic E-state index is 5.44. The Morgan fingerprint density at radius 3 is 2.83 bits per heavy atom. The molecule has 0 bridgehead atoms. The van der Waals surface area contributed by atoms with E-state index in [1.807, 2.05) is 18.2 Å². The molecule has 0 radical (unpaired) electrons. The second-order valence-corrected chi connectivity index (χ2v) is 5.48. The van der Waals surface area contributed by atoms with E-state index in [0.717, 1.165) is 25.3 Å². The van der Waals surface area contributed by atoms with Crippen molar-refractivity contribution in [1.29, 1.82) is 0 Å². The van der Waals surface area contributed by atoms with Crippen LogP contribution in [0.5, 0.6) is 11.5 Å². The molecule has 124 valence electrons. The van der Waals surface area contributed by atoms with Crippen LogP contribution in [0, 0.1) is 0 Å². The van der Waals surface area contributed by atoms with Crippen LogP contribution < -0.4 is 9.47 Å². The Morgan fingerprint density at radius 1 is 1.26 bits per heavy atom. The first-order chi connectivity index (χ1) is 11.2. The summed E-state index contributed by atoms with van der Waals surface area (Å²) in [5.41, 5.74) is 0.827. The first-order valence-corrected chi connectivity index (χ1v) is 7.58. The van der Waals surface area contributed by atoms with Crippen molar-refractivity contribution in [3.8, 4) is 22.9 Å². The lowest BCUT2D eigenvalue weighted by atomic mass is 10.2. The smallest absolute Gasteiger partial charge is 0.241 e. The fourth-order valence-electron chi connectivity index (χ4n) is 2.58. The van der Waals surface area contributed by atoms with E-state index < -0.39 is 0 Å². The molecule has 0 saturated carbocycles. The number of nitrogens with zero attached hydrogens (tertiary/aromatic N) is 3. The lowest BCUT2D eigenvalue weighted by molar-refractivity contribution is -0.00852. The second kappa shape index (κ2) is 6.97. The first kappa shape index (κ1) is 15.8. The number of aromatic nitrogens is 2. The fourth-order valence-corrected chi connectivity index (χ4v) is 2.58. The molecule has 1 aliphatic rings. The van der Waals surface area contributed by atoms with Crippen LogP contribution in [0.15, 0.2) is 22.7 Å². The van der Waals surface area contributed by atoms with Gasteiger partial charge in [-0.2, -0.15) is 4.98 Å². The van der Waals surface area contributed by atoms with Gasteiger partial charge in [-0.1, -0.05) is 5.16 Å². The predicted molar refractivity (Wildman–Crippen MR) is 83.5 cm³/mol. The molecule has 1 aromatic heterocycles. The molecular weight excluding hydrogens is 298 g/mol. The summed E-state index contributed by atoms with van der Waals surface area (Å²) in [4.78, 5) is 6.76. The van der Waals surface area contributed by atoms with Crippen LogP contribution in [0.1, 0.15) is 12.8 Å². The Kier molecular flexibility index (Phi) is 4.78. The van der Waals surface area contributed by atoms with Gasteiger partial charge in [0.05, 0.1) is 34.0 Å². The van der Waals surface area contributed by atoms with Gasteiger partial charge < -0.3 is 18.7 Å². The van der Waals surface area contributed by atoms with E-state index in [4.69, 9.17) is 18.7 Å². The lowest BCUT2D eigenvalue weighted by Gasteiger charge is -2.31. The highest BCUT2D eigenvalue weighted by molar-refractivity contribution is 5.60. The van der Waals surface area contributed by atoms with Crippen LogP contribution in [0.4, 0.5) is 0 Å². The van der Waals surface area contributed by atoms with Crippen LogP contribution in [0.25, 0.3) is 11.4 Å². The maximum atomic E-state index is 5.44. The summed E-state index contributed by atoms with van der Waals surface area (Å²) < 4.78 is 21.4. The van der Waals surface area contributed by atoms with Crippen LogP contribution in [-0.4, -0.2) is 55.1 Å². The number of methoxy groups -OCH3 is 2. The Balaban J connectivity index is 1.76. The number of hydrogen-bond acceptors (Lipinski definition) is 7. The molecule has 2 aromatic rings. The van der Waals surface area contributed by atoms with Gasteiger partial charge in [0, 0.05) is 18.2 Å². The molecule has 1 fully saturated rings. The zero-order valence-corrected chi connectivity index (χ0v) is 13.6. The maximum Gasteiger partial charge on any atom is 0.241 e. The summed E-state index contributed by atoms with van der Waals surface area (Å²) >= 11 is 0. The van der Waals surface area contributed by atoms with Gasteiger partial charge in [0.2, 0.25) is 11.7 Å². The van der Waals surface area contributed by atoms with Crippen molar-refractivity contribution >= 4 is 0 Å². The molecule has 23 heavy (non-hydrogen) atoms. The molecule has 7 heteroatoms. The number of hydrogen-bond donors (Lipinski definition) is 0. The molecule has 1 aromatic carbocycles. The molecule has 1 atom stereocenters. The standard InChI is InChI=1S/C16H21N3O4/c1-11-10-22-7-6-19(11)9-15-17-16(18-23-15)12-4-5-13(20-2)14(8-12)21-3/h4-5,8,11H,6-7,9-10H2,1-3H3/t11-/m1/s1. The van der Waals surface area contributed by atoms with Crippen molar-refractivity contribution in [3.05, 3.63) is 24.1 Å². The monoisotopic (exact) mass is 319 g/mol. The van der Waals surface area contributed by atoms with Gasteiger partial charge in [-0.3, -0.25) is 4.90 Å². The van der Waals surface area contributed by atoms with E-state index in [2.05, 4.69) is 22.0 Å². The Morgan fingerprint density at radius 2 is 2.09 bits per heavy atom. The zero-order chi connectivity index (χ0) is 16.2. The molecule has 0 unspecified atom stereocenters. The lowest BCUT2D eigenvalue weighted by Crippen LogP contribution is -2.42. The van der Waals surface area contributed by atoms with E-state index in [-0.39, 0.29) is 0 Å². The van der Waals surface area contributed by atoms with Crippen molar-refractivity contribution in [3.63, 3.8) is 0 Å². The topological polar surface area (TPSA) is 69.9 Å². The molecule has 1 aliphatic heterocycles. The van der Waals surface area contributed by atoms with E-state index in [1.165, 1.54) is 0 Å². The van der Waals surface area contributed by atoms with E-state index in [9.17, 15) is 0 Å². The minimum absolute atomic E-state index is 0.347. The van der Waals surface area contributed by atoms with Crippen molar-refractivity contribution in [2.24, 2.45) is 0 Å². The van der Waals surface area contributed by atoms with Crippen molar-refractivity contribution in [1.82, 2.24) is 15.0 Å². The Bertz CT molecular complexity index is 659. The number of morpholine rings is 1. The fraction of sp³-hybridized carbons (Fsp3) is 0.500. The first-order valence-electron chi connectivity index (χ1n) is 7.58. The highest BCUT2D eigenvalue weighted by Gasteiger charge is 2.21. The predicted octanol–water partition coefficient (Wildman–Crippen LogP) is 1.97. The van der Waals surface area contributed by atoms with Crippen LogP contribution in [-0.2, 0) is 11.3 Å². The second-order valence-electron chi connectivity index (χ2n) is 5.48. The highest BCUT2D eigenvalue weighted by atomic mass is 16.5. The molecular formula is C16H21N3O4. The van der Waals surface area contributed by atoms with Gasteiger partial charge in [0.25, 0.3) is 0 Å². The van der Waals surface area contributed by atoms with E-state index in [1.54, 1.807) is 14.2 Å². The molecule has 0 aliphatic carbocycles. The molecule has 0 spiro atoms. The largest absolute Gasteiger partial charge is 0.493 e. The molecule has 3 rings (SSSR count). The summed E-state index contributed by atoms with van der Waals surface area (Å²) in [5.74, 6) is 2.45. The molecule has 0 amide bonds. The van der Waals surface area contributed by atoms with Gasteiger partial charge in [0.15, 0.2) is 11.5 Å². The quantitative estimate of drug-likeness (QED) is 0.834. The molecule has 2 heterocycles. The van der Waals surface area contributed by atoms with E-state index >= 15 is 0 Å². The average molecular weight is 319 g/mol. The summed E-state index contributed by atoms with van der Waals surface area (Å²) in [5, 5.41) is 4.07. The third kappa shape index (κ3) is 3.46. The highest BCUT2D eigenvalue weighted by Crippen LogP contribution is 2.31. The summed E-state index contributed by atoms with van der Waals surface area (Å²) in [7, 11) is 3.20. The third-order valence-corrected chi connectivity index (χ3v) is 3.95. The summed E-state index contributed by atoms with van der Waals surface area (Å²) in [6.45, 7) is 5.10. The molecule has 1 saturated heterocycles. The van der Waals surface area contributed by atoms with Crippen molar-refractivity contribution in [2.45, 2.75) is 19.5 Å².